The maximum atomic E-state index is 11.8. The minimum Gasteiger partial charge on any atom is -0.496 e. The molecule has 0 unspecified atom stereocenters. The number of amides is 1. The summed E-state index contributed by atoms with van der Waals surface area (Å²) in [7, 11) is 1.44. The van der Waals surface area contributed by atoms with Gasteiger partial charge in [-0.1, -0.05) is 20.8 Å². The van der Waals surface area contributed by atoms with Gasteiger partial charge in [0.15, 0.2) is 0 Å². The van der Waals surface area contributed by atoms with Crippen molar-refractivity contribution in [3.63, 3.8) is 0 Å². The van der Waals surface area contributed by atoms with E-state index in [0.717, 1.165) is 0 Å². The molecule has 18 heavy (non-hydrogen) atoms. The van der Waals surface area contributed by atoms with Gasteiger partial charge in [0.2, 0.25) is 5.91 Å². The van der Waals surface area contributed by atoms with Crippen molar-refractivity contribution in [1.29, 1.82) is 0 Å². The summed E-state index contributed by atoms with van der Waals surface area (Å²) < 4.78 is 5.06. The molecule has 0 aromatic heterocycles. The van der Waals surface area contributed by atoms with E-state index < -0.39 is 10.7 Å². The zero-order chi connectivity index (χ0) is 13.9. The van der Waals surface area contributed by atoms with Crippen molar-refractivity contribution in [3.8, 4) is 5.75 Å². The average molecular weight is 270 g/mol. The van der Waals surface area contributed by atoms with Crippen molar-refractivity contribution >= 4 is 28.4 Å². The van der Waals surface area contributed by atoms with Crippen LogP contribution in [0.4, 0.5) is 5.69 Å². The summed E-state index contributed by atoms with van der Waals surface area (Å²) in [4.78, 5) is 22.9. The van der Waals surface area contributed by atoms with Crippen molar-refractivity contribution in [2.45, 2.75) is 20.8 Å². The molecule has 0 fully saturated rings. The number of carbonyl (C=O) groups excluding carboxylic acids is 2. The summed E-state index contributed by atoms with van der Waals surface area (Å²) in [6.45, 7) is 5.45. The number of nitrogens with one attached hydrogen (secondary N) is 1. The first-order valence-electron chi connectivity index (χ1n) is 5.45. The molecule has 0 bridgehead atoms. The largest absolute Gasteiger partial charge is 0.496 e. The van der Waals surface area contributed by atoms with Crippen LogP contribution in [0.2, 0.25) is 0 Å². The van der Waals surface area contributed by atoms with E-state index in [-0.39, 0.29) is 11.5 Å². The van der Waals surface area contributed by atoms with E-state index in [1.54, 1.807) is 12.1 Å². The molecule has 5 heteroatoms. The Morgan fingerprint density at radius 1 is 1.28 bits per heavy atom. The van der Waals surface area contributed by atoms with Crippen LogP contribution in [-0.2, 0) is 4.79 Å². The Kier molecular flexibility index (Phi) is 4.35. The third kappa shape index (κ3) is 3.47. The molecule has 0 atom stereocenters. The Balaban J connectivity index is 3.00. The van der Waals surface area contributed by atoms with Crippen LogP contribution in [0.15, 0.2) is 18.2 Å². The lowest BCUT2D eigenvalue weighted by Crippen LogP contribution is -2.27. The van der Waals surface area contributed by atoms with Gasteiger partial charge in [-0.15, -0.1) is 0 Å². The van der Waals surface area contributed by atoms with Crippen LogP contribution < -0.4 is 10.1 Å². The summed E-state index contributed by atoms with van der Waals surface area (Å²) in [6, 6.07) is 4.70. The van der Waals surface area contributed by atoms with Gasteiger partial charge in [0.1, 0.15) is 5.75 Å². The molecule has 1 N–H and O–H groups in total. The standard InChI is InChI=1S/C13H16ClNO3/c1-13(2,3)12(17)15-8-5-6-9(11(14)16)10(7-8)18-4/h5-7H,1-4H3,(H,15,17). The zero-order valence-electron chi connectivity index (χ0n) is 10.8. The van der Waals surface area contributed by atoms with Crippen molar-refractivity contribution in [3.05, 3.63) is 23.8 Å². The summed E-state index contributed by atoms with van der Waals surface area (Å²) in [5.74, 6) is 0.219. The molecule has 1 aromatic carbocycles. The number of halogens is 1. The van der Waals surface area contributed by atoms with Gasteiger partial charge >= 0.3 is 0 Å². The molecule has 4 nitrogen and oxygen atoms in total. The van der Waals surface area contributed by atoms with Crippen LogP contribution in [0.1, 0.15) is 31.1 Å². The van der Waals surface area contributed by atoms with E-state index >= 15 is 0 Å². The number of carbonyl (C=O) groups is 2. The van der Waals surface area contributed by atoms with Crippen LogP contribution >= 0.6 is 11.6 Å². The lowest BCUT2D eigenvalue weighted by molar-refractivity contribution is -0.123. The molecular weight excluding hydrogens is 254 g/mol. The Labute approximate surface area is 111 Å². The summed E-state index contributed by atoms with van der Waals surface area (Å²) in [6.07, 6.45) is 0. The van der Waals surface area contributed by atoms with Gasteiger partial charge in [-0.05, 0) is 23.7 Å². The Morgan fingerprint density at radius 2 is 1.89 bits per heavy atom. The second-order valence-electron chi connectivity index (χ2n) is 4.89. The molecule has 0 aliphatic rings. The molecule has 0 aliphatic carbocycles. The van der Waals surface area contributed by atoms with Crippen LogP contribution in [-0.4, -0.2) is 18.3 Å². The molecule has 1 rings (SSSR count). The van der Waals surface area contributed by atoms with Gasteiger partial charge in [-0.2, -0.15) is 0 Å². The number of hydrogen-bond acceptors (Lipinski definition) is 3. The molecule has 0 radical (unpaired) electrons. The lowest BCUT2D eigenvalue weighted by atomic mass is 9.95. The molecule has 98 valence electrons. The van der Waals surface area contributed by atoms with Crippen LogP contribution in [0.25, 0.3) is 0 Å². The van der Waals surface area contributed by atoms with Crippen LogP contribution in [0, 0.1) is 5.41 Å². The van der Waals surface area contributed by atoms with E-state index in [0.29, 0.717) is 11.4 Å². The maximum Gasteiger partial charge on any atom is 0.256 e. The van der Waals surface area contributed by atoms with E-state index in [9.17, 15) is 9.59 Å². The average Bonchev–Trinajstić information content (AvgIpc) is 2.27. The molecule has 0 saturated carbocycles. The molecule has 1 amide bonds. The third-order valence-corrected chi connectivity index (χ3v) is 2.56. The highest BCUT2D eigenvalue weighted by molar-refractivity contribution is 6.68. The zero-order valence-corrected chi connectivity index (χ0v) is 11.6. The minimum atomic E-state index is -0.597. The molecule has 0 saturated heterocycles. The number of anilines is 1. The lowest BCUT2D eigenvalue weighted by Gasteiger charge is -2.18. The van der Waals surface area contributed by atoms with Crippen molar-refractivity contribution in [1.82, 2.24) is 0 Å². The van der Waals surface area contributed by atoms with Crippen molar-refractivity contribution in [2.75, 3.05) is 12.4 Å². The first-order valence-corrected chi connectivity index (χ1v) is 5.83. The van der Waals surface area contributed by atoms with E-state index in [1.165, 1.54) is 13.2 Å². The molecule has 0 heterocycles. The second-order valence-corrected chi connectivity index (χ2v) is 5.24. The second kappa shape index (κ2) is 5.40. The first-order chi connectivity index (χ1) is 8.25. The van der Waals surface area contributed by atoms with E-state index in [2.05, 4.69) is 5.32 Å². The maximum absolute atomic E-state index is 11.8. The fraction of sp³-hybridized carbons (Fsp3) is 0.385. The van der Waals surface area contributed by atoms with Crippen molar-refractivity contribution < 1.29 is 14.3 Å². The quantitative estimate of drug-likeness (QED) is 0.858. The first kappa shape index (κ1) is 14.5. The number of methoxy groups -OCH3 is 1. The highest BCUT2D eigenvalue weighted by atomic mass is 35.5. The van der Waals surface area contributed by atoms with Gasteiger partial charge in [-0.3, -0.25) is 9.59 Å². The molecule has 0 spiro atoms. The van der Waals surface area contributed by atoms with Crippen molar-refractivity contribution in [2.24, 2.45) is 5.41 Å². The number of ether oxygens (including phenoxy) is 1. The van der Waals surface area contributed by atoms with Crippen LogP contribution in [0.3, 0.4) is 0 Å². The van der Waals surface area contributed by atoms with E-state index in [1.807, 2.05) is 20.8 Å². The highest BCUT2D eigenvalue weighted by Crippen LogP contribution is 2.26. The number of hydrogen-bond donors (Lipinski definition) is 1. The smallest absolute Gasteiger partial charge is 0.256 e. The molecular formula is C13H16ClNO3. The third-order valence-electron chi connectivity index (χ3n) is 2.35. The predicted molar refractivity (Wildman–Crippen MR) is 71.3 cm³/mol. The summed E-state index contributed by atoms with van der Waals surface area (Å²) >= 11 is 5.41. The molecule has 1 aromatic rings. The van der Waals surface area contributed by atoms with Crippen LogP contribution in [0.5, 0.6) is 5.75 Å². The topological polar surface area (TPSA) is 55.4 Å². The van der Waals surface area contributed by atoms with Gasteiger partial charge in [0, 0.05) is 17.2 Å². The van der Waals surface area contributed by atoms with Gasteiger partial charge in [0.05, 0.1) is 12.7 Å². The van der Waals surface area contributed by atoms with E-state index in [4.69, 9.17) is 16.3 Å². The minimum absolute atomic E-state index is 0.116. The number of benzene rings is 1. The summed E-state index contributed by atoms with van der Waals surface area (Å²) in [5.41, 5.74) is 0.343. The molecule has 0 aliphatic heterocycles. The summed E-state index contributed by atoms with van der Waals surface area (Å²) in [5, 5.41) is 2.15. The fourth-order valence-electron chi connectivity index (χ4n) is 1.25. The highest BCUT2D eigenvalue weighted by Gasteiger charge is 2.21. The monoisotopic (exact) mass is 269 g/mol. The normalized spacial score (nSPS) is 10.9. The number of rotatable bonds is 3. The predicted octanol–water partition coefficient (Wildman–Crippen LogP) is 3.06. The SMILES string of the molecule is COc1cc(NC(=O)C(C)(C)C)ccc1C(=O)Cl. The Morgan fingerprint density at radius 3 is 2.33 bits per heavy atom. The van der Waals surface area contributed by atoms with Gasteiger partial charge in [0.25, 0.3) is 5.24 Å². The van der Waals surface area contributed by atoms with Gasteiger partial charge in [-0.25, -0.2) is 0 Å². The fourth-order valence-corrected chi connectivity index (χ4v) is 1.41. The Hall–Kier alpha value is -1.55. The van der Waals surface area contributed by atoms with Gasteiger partial charge < -0.3 is 10.1 Å². The Bertz CT molecular complexity index is 478.